The van der Waals surface area contributed by atoms with E-state index in [0.717, 1.165) is 12.8 Å². The Morgan fingerprint density at radius 3 is 1.17 bits per heavy atom. The van der Waals surface area contributed by atoms with Crippen LogP contribution in [0.25, 0.3) is 0 Å². The molecule has 0 aliphatic heterocycles. The molecule has 0 aliphatic carbocycles. The molecule has 0 rings (SSSR count). The monoisotopic (exact) mass is 419 g/mol. The predicted octanol–water partition coefficient (Wildman–Crippen LogP) is 4.87. The summed E-state index contributed by atoms with van der Waals surface area (Å²) in [5.74, 6) is -0.903. The van der Waals surface area contributed by atoms with E-state index in [1.54, 1.807) is 0 Å². The topological polar surface area (TPSA) is 68.6 Å². The average molecular weight is 421 g/mol. The van der Waals surface area contributed by atoms with Crippen LogP contribution in [0.4, 0.5) is 0 Å². The number of carbonyl (C=O) groups is 1. The van der Waals surface area contributed by atoms with Crippen LogP contribution in [0.15, 0.2) is 0 Å². The van der Waals surface area contributed by atoms with Gasteiger partial charge in [0.05, 0.1) is 0 Å². The predicted molar refractivity (Wildman–Crippen MR) is 85.2 cm³/mol. The van der Waals surface area contributed by atoms with E-state index in [1.807, 2.05) is 0 Å². The van der Waals surface area contributed by atoms with Crippen LogP contribution in [0, 0.1) is 0 Å². The van der Waals surface area contributed by atoms with Gasteiger partial charge in [-0.3, -0.25) is 0 Å². The minimum absolute atomic E-state index is 0. The van der Waals surface area contributed by atoms with Crippen LogP contribution in [-0.4, -0.2) is 5.97 Å². The second kappa shape index (κ2) is 27.4. The van der Waals surface area contributed by atoms with E-state index in [-0.39, 0.29) is 48.4 Å². The summed E-state index contributed by atoms with van der Waals surface area (Å²) < 4.78 is 0. The number of carboxylic acids is 1. The number of unbranched alkanes of at least 4 members (excludes halogenated alkanes) is 14. The van der Waals surface area contributed by atoms with Crippen molar-refractivity contribution in [1.82, 2.24) is 0 Å². The smallest absolute Gasteiger partial charge is 2.00 e. The van der Waals surface area contributed by atoms with Gasteiger partial charge in [0.1, 0.15) is 0 Å². The molecule has 0 saturated heterocycles. The number of hydrogen-bond donors (Lipinski definition) is 0. The van der Waals surface area contributed by atoms with E-state index in [4.69, 9.17) is 0 Å². The molecule has 3 nitrogen and oxygen atoms in total. The molecule has 0 spiro atoms. The van der Waals surface area contributed by atoms with Crippen molar-refractivity contribution in [2.45, 2.75) is 110 Å². The molecule has 134 valence electrons. The summed E-state index contributed by atoms with van der Waals surface area (Å²) in [7, 11) is 0. The summed E-state index contributed by atoms with van der Waals surface area (Å²) in [4.78, 5) is 10.2. The van der Waals surface area contributed by atoms with Crippen LogP contribution in [-0.2, 0) is 46.8 Å². The van der Waals surface area contributed by atoms with Crippen LogP contribution in [0.3, 0.4) is 0 Å². The molecule has 0 bridgehead atoms. The minimum atomic E-state index is -0.903. The summed E-state index contributed by atoms with van der Waals surface area (Å²) in [6, 6.07) is 0. The van der Waals surface area contributed by atoms with Crippen molar-refractivity contribution in [3.63, 3.8) is 0 Å². The van der Waals surface area contributed by atoms with Crippen LogP contribution in [0.1, 0.15) is 110 Å². The molecule has 0 aliphatic rings. The zero-order chi connectivity index (χ0) is 14.9. The maximum atomic E-state index is 10.2. The van der Waals surface area contributed by atoms with Crippen molar-refractivity contribution < 1.29 is 51.9 Å². The normalized spacial score (nSPS) is 9.43. The molecule has 0 radical (unpaired) electrons. The van der Waals surface area contributed by atoms with Gasteiger partial charge in [-0.2, -0.15) is 0 Å². The zero-order valence-electron chi connectivity index (χ0n) is 15.1. The SMILES string of the molecule is CCCCCCCCCCCCCCCCCC(=O)[O-].[Fe+2].[O-2].[Zn+2]. The van der Waals surface area contributed by atoms with Gasteiger partial charge in [-0.15, -0.1) is 0 Å². The number of rotatable bonds is 16. The van der Waals surface area contributed by atoms with Crippen molar-refractivity contribution in [3.8, 4) is 0 Å². The number of carboxylic acid groups (broad SMARTS) is 1. The first-order chi connectivity index (χ1) is 9.77. The molecular formula is C18H35FeO3Zn+. The minimum Gasteiger partial charge on any atom is -2.00 e. The largest absolute Gasteiger partial charge is 2.00 e. The first kappa shape index (κ1) is 31.4. The summed E-state index contributed by atoms with van der Waals surface area (Å²) >= 11 is 0. The van der Waals surface area contributed by atoms with Gasteiger partial charge in [-0.1, -0.05) is 96.8 Å². The molecule has 0 aromatic heterocycles. The second-order valence-electron chi connectivity index (χ2n) is 6.07. The molecule has 0 N–H and O–H groups in total. The summed E-state index contributed by atoms with van der Waals surface area (Å²) in [6.07, 6.45) is 19.9. The summed E-state index contributed by atoms with van der Waals surface area (Å²) in [6.45, 7) is 2.27. The van der Waals surface area contributed by atoms with Crippen LogP contribution in [0.5, 0.6) is 0 Å². The number of hydrogen-bond acceptors (Lipinski definition) is 2. The molecule has 0 atom stereocenters. The fourth-order valence-corrected chi connectivity index (χ4v) is 2.64. The van der Waals surface area contributed by atoms with Crippen molar-refractivity contribution in [1.29, 1.82) is 0 Å². The standard InChI is InChI=1S/C18H36O2.Fe.O.Zn/c1-2-3-4-5-6-7-8-9-10-11-12-13-14-15-16-17-18(19)20;;;/h2-17H2,1H3,(H,19,20);;;/q;+2;-2;+2/p-1. The Balaban J connectivity index is -0.000000602. The Morgan fingerprint density at radius 2 is 0.913 bits per heavy atom. The number of aliphatic carboxylic acids is 1. The first-order valence-electron chi connectivity index (χ1n) is 8.97. The third kappa shape index (κ3) is 30.9. The molecule has 0 aromatic carbocycles. The van der Waals surface area contributed by atoms with Crippen molar-refractivity contribution >= 4 is 5.97 Å². The Bertz CT molecular complexity index is 216. The fraction of sp³-hybridized carbons (Fsp3) is 0.944. The van der Waals surface area contributed by atoms with Crippen LogP contribution >= 0.6 is 0 Å². The van der Waals surface area contributed by atoms with Crippen molar-refractivity contribution in [3.05, 3.63) is 0 Å². The van der Waals surface area contributed by atoms with E-state index >= 15 is 0 Å². The molecular weight excluding hydrogens is 385 g/mol. The zero-order valence-corrected chi connectivity index (χ0v) is 19.2. The van der Waals surface area contributed by atoms with Crippen LogP contribution in [0.2, 0.25) is 0 Å². The Kier molecular flexibility index (Phi) is 37.4. The van der Waals surface area contributed by atoms with Gasteiger partial charge < -0.3 is 15.4 Å². The van der Waals surface area contributed by atoms with Crippen molar-refractivity contribution in [2.75, 3.05) is 0 Å². The average Bonchev–Trinajstić information content (AvgIpc) is 2.43. The van der Waals surface area contributed by atoms with Gasteiger partial charge in [0.2, 0.25) is 0 Å². The Morgan fingerprint density at radius 1 is 0.652 bits per heavy atom. The third-order valence-electron chi connectivity index (χ3n) is 3.98. The van der Waals surface area contributed by atoms with E-state index in [0.29, 0.717) is 0 Å². The summed E-state index contributed by atoms with van der Waals surface area (Å²) in [5, 5.41) is 10.2. The summed E-state index contributed by atoms with van der Waals surface area (Å²) in [5.41, 5.74) is 0. The van der Waals surface area contributed by atoms with E-state index in [2.05, 4.69) is 6.92 Å². The third-order valence-corrected chi connectivity index (χ3v) is 3.98. The Labute approximate surface area is 167 Å². The maximum absolute atomic E-state index is 10.2. The van der Waals surface area contributed by atoms with E-state index < -0.39 is 5.97 Å². The van der Waals surface area contributed by atoms with Gasteiger partial charge in [0, 0.05) is 5.97 Å². The van der Waals surface area contributed by atoms with Crippen LogP contribution < -0.4 is 5.11 Å². The molecule has 0 saturated carbocycles. The molecule has 0 amide bonds. The number of carbonyl (C=O) groups excluding carboxylic acids is 1. The molecule has 5 heteroatoms. The first-order valence-corrected chi connectivity index (χ1v) is 8.97. The van der Waals surface area contributed by atoms with Gasteiger partial charge in [0.25, 0.3) is 0 Å². The van der Waals surface area contributed by atoms with Gasteiger partial charge >= 0.3 is 36.5 Å². The van der Waals surface area contributed by atoms with Gasteiger partial charge in [-0.25, -0.2) is 0 Å². The van der Waals surface area contributed by atoms with E-state index in [1.165, 1.54) is 83.5 Å². The van der Waals surface area contributed by atoms with Gasteiger partial charge in [0.15, 0.2) is 0 Å². The Hall–Kier alpha value is 0.573. The fourth-order valence-electron chi connectivity index (χ4n) is 2.64. The maximum Gasteiger partial charge on any atom is 2.00 e. The quantitative estimate of drug-likeness (QED) is 0.264. The molecule has 0 aromatic rings. The molecule has 0 fully saturated rings. The second-order valence-corrected chi connectivity index (χ2v) is 6.07. The van der Waals surface area contributed by atoms with E-state index in [9.17, 15) is 9.90 Å². The van der Waals surface area contributed by atoms with Gasteiger partial charge in [-0.05, 0) is 12.8 Å². The molecule has 0 unspecified atom stereocenters. The molecule has 0 heterocycles. The van der Waals surface area contributed by atoms with Crippen molar-refractivity contribution in [2.24, 2.45) is 0 Å². The molecule has 23 heavy (non-hydrogen) atoms.